The van der Waals surface area contributed by atoms with E-state index in [0.717, 1.165) is 25.8 Å². The predicted molar refractivity (Wildman–Crippen MR) is 64.9 cm³/mol. The Bertz CT molecular complexity index is 315. The smallest absolute Gasteiger partial charge is 0.0692 e. The van der Waals surface area contributed by atoms with Gasteiger partial charge in [0.25, 0.3) is 0 Å². The van der Waals surface area contributed by atoms with Crippen LogP contribution in [0.2, 0.25) is 0 Å². The van der Waals surface area contributed by atoms with E-state index in [-0.39, 0.29) is 12.1 Å². The molecule has 0 spiro atoms. The van der Waals surface area contributed by atoms with Gasteiger partial charge in [-0.1, -0.05) is 30.3 Å². The summed E-state index contributed by atoms with van der Waals surface area (Å²) in [5.41, 5.74) is 7.14. The fourth-order valence-corrected chi connectivity index (χ4v) is 2.23. The number of nitrogens with two attached hydrogens (primary N) is 1. The van der Waals surface area contributed by atoms with Crippen molar-refractivity contribution in [2.45, 2.75) is 44.0 Å². The molecule has 0 heterocycles. The van der Waals surface area contributed by atoms with E-state index in [1.807, 2.05) is 18.2 Å². The average Bonchev–Trinajstić information content (AvgIpc) is 2.32. The van der Waals surface area contributed by atoms with Gasteiger partial charge in [0, 0.05) is 18.6 Å². The molecule has 0 unspecified atom stereocenters. The van der Waals surface area contributed by atoms with Crippen molar-refractivity contribution in [1.82, 2.24) is 5.32 Å². The fraction of sp³-hybridized carbons (Fsp3) is 0.538. The van der Waals surface area contributed by atoms with E-state index in [4.69, 9.17) is 5.73 Å². The molecule has 0 amide bonds. The predicted octanol–water partition coefficient (Wildman–Crippen LogP) is 1.02. The molecule has 0 bridgehead atoms. The van der Waals surface area contributed by atoms with Crippen molar-refractivity contribution in [3.8, 4) is 0 Å². The largest absolute Gasteiger partial charge is 0.392 e. The maximum atomic E-state index is 9.53. The molecule has 2 rings (SSSR count). The van der Waals surface area contributed by atoms with Crippen molar-refractivity contribution in [3.05, 3.63) is 35.9 Å². The van der Waals surface area contributed by atoms with Crippen LogP contribution < -0.4 is 11.1 Å². The monoisotopic (exact) mass is 220 g/mol. The highest BCUT2D eigenvalue weighted by atomic mass is 16.3. The molecule has 3 heteroatoms. The van der Waals surface area contributed by atoms with Crippen molar-refractivity contribution >= 4 is 0 Å². The van der Waals surface area contributed by atoms with Gasteiger partial charge in [-0.25, -0.2) is 0 Å². The van der Waals surface area contributed by atoms with Crippen molar-refractivity contribution in [1.29, 1.82) is 0 Å². The molecule has 0 aromatic heterocycles. The summed E-state index contributed by atoms with van der Waals surface area (Å²) in [6, 6.07) is 10.7. The lowest BCUT2D eigenvalue weighted by molar-refractivity contribution is 0.0947. The molecule has 4 N–H and O–H groups in total. The molecular weight excluding hydrogens is 200 g/mol. The second kappa shape index (κ2) is 5.43. The second-order valence-electron chi connectivity index (χ2n) is 4.61. The highest BCUT2D eigenvalue weighted by Crippen LogP contribution is 2.18. The zero-order chi connectivity index (χ0) is 11.4. The first-order valence-corrected chi connectivity index (χ1v) is 5.96. The van der Waals surface area contributed by atoms with Crippen molar-refractivity contribution in [2.75, 3.05) is 0 Å². The first kappa shape index (κ1) is 11.6. The molecular formula is C13H20N2O. The number of aliphatic hydroxyl groups is 1. The highest BCUT2D eigenvalue weighted by Gasteiger charge is 2.25. The van der Waals surface area contributed by atoms with Crippen molar-refractivity contribution in [2.24, 2.45) is 5.73 Å². The van der Waals surface area contributed by atoms with Gasteiger partial charge in [-0.15, -0.1) is 0 Å². The van der Waals surface area contributed by atoms with Crippen LogP contribution in [0.1, 0.15) is 24.8 Å². The molecule has 1 saturated carbocycles. The minimum Gasteiger partial charge on any atom is -0.392 e. The van der Waals surface area contributed by atoms with E-state index in [9.17, 15) is 5.11 Å². The summed E-state index contributed by atoms with van der Waals surface area (Å²) < 4.78 is 0. The summed E-state index contributed by atoms with van der Waals surface area (Å²) >= 11 is 0. The number of nitrogens with one attached hydrogen (secondary N) is 1. The van der Waals surface area contributed by atoms with Crippen molar-refractivity contribution in [3.63, 3.8) is 0 Å². The molecule has 1 aliphatic carbocycles. The van der Waals surface area contributed by atoms with E-state index >= 15 is 0 Å². The molecule has 16 heavy (non-hydrogen) atoms. The lowest BCUT2D eigenvalue weighted by atomic mass is 9.89. The van der Waals surface area contributed by atoms with Crippen LogP contribution in [0.15, 0.2) is 30.3 Å². The summed E-state index contributed by atoms with van der Waals surface area (Å²) in [5.74, 6) is 0. The van der Waals surface area contributed by atoms with Gasteiger partial charge < -0.3 is 16.2 Å². The van der Waals surface area contributed by atoms with E-state index in [2.05, 4.69) is 17.4 Å². The first-order valence-electron chi connectivity index (χ1n) is 5.96. The number of benzene rings is 1. The third kappa shape index (κ3) is 3.04. The minimum absolute atomic E-state index is 0.0676. The SMILES string of the molecule is N[C@H]1C[C@H](NCc2ccccc2)CC[C@@H]1O. The normalized spacial score (nSPS) is 30.2. The molecule has 1 fully saturated rings. The Hall–Kier alpha value is -0.900. The van der Waals surface area contributed by atoms with Crippen LogP contribution in [0.5, 0.6) is 0 Å². The number of aliphatic hydroxyl groups excluding tert-OH is 1. The summed E-state index contributed by atoms with van der Waals surface area (Å²) in [5, 5.41) is 13.0. The summed E-state index contributed by atoms with van der Waals surface area (Å²) in [4.78, 5) is 0. The zero-order valence-corrected chi connectivity index (χ0v) is 9.47. The van der Waals surface area contributed by atoms with E-state index in [0.29, 0.717) is 6.04 Å². The van der Waals surface area contributed by atoms with Crippen LogP contribution in [0, 0.1) is 0 Å². The van der Waals surface area contributed by atoms with Gasteiger partial charge in [-0.3, -0.25) is 0 Å². The van der Waals surface area contributed by atoms with Crippen LogP contribution in [0.3, 0.4) is 0 Å². The highest BCUT2D eigenvalue weighted by molar-refractivity contribution is 5.14. The average molecular weight is 220 g/mol. The van der Waals surface area contributed by atoms with E-state index in [1.165, 1.54) is 5.56 Å². The minimum atomic E-state index is -0.310. The summed E-state index contributed by atoms with van der Waals surface area (Å²) in [6.45, 7) is 0.883. The first-order chi connectivity index (χ1) is 7.75. The lowest BCUT2D eigenvalue weighted by Gasteiger charge is -2.31. The number of hydrogen-bond acceptors (Lipinski definition) is 3. The topological polar surface area (TPSA) is 58.3 Å². The Morgan fingerprint density at radius 2 is 2.00 bits per heavy atom. The Morgan fingerprint density at radius 1 is 1.25 bits per heavy atom. The van der Waals surface area contributed by atoms with E-state index < -0.39 is 0 Å². The van der Waals surface area contributed by atoms with Gasteiger partial charge in [0.2, 0.25) is 0 Å². The van der Waals surface area contributed by atoms with Crippen LogP contribution in [0.25, 0.3) is 0 Å². The van der Waals surface area contributed by atoms with Crippen LogP contribution >= 0.6 is 0 Å². The maximum absolute atomic E-state index is 9.53. The molecule has 0 radical (unpaired) electrons. The Balaban J connectivity index is 1.79. The Kier molecular flexibility index (Phi) is 3.93. The van der Waals surface area contributed by atoms with Gasteiger partial charge in [-0.2, -0.15) is 0 Å². The standard InChI is InChI=1S/C13H20N2O/c14-12-8-11(6-7-13(12)16)15-9-10-4-2-1-3-5-10/h1-5,11-13,15-16H,6-9,14H2/t11-,12+,13+/m1/s1. The summed E-state index contributed by atoms with van der Waals surface area (Å²) in [6.07, 6.45) is 2.39. The van der Waals surface area contributed by atoms with Crippen LogP contribution in [0.4, 0.5) is 0 Å². The number of hydrogen-bond donors (Lipinski definition) is 3. The summed E-state index contributed by atoms with van der Waals surface area (Å²) in [7, 11) is 0. The van der Waals surface area contributed by atoms with Gasteiger partial charge >= 0.3 is 0 Å². The van der Waals surface area contributed by atoms with Gasteiger partial charge in [0.05, 0.1) is 6.10 Å². The zero-order valence-electron chi connectivity index (χ0n) is 9.47. The third-order valence-electron chi connectivity index (χ3n) is 3.30. The Morgan fingerprint density at radius 3 is 2.69 bits per heavy atom. The second-order valence-corrected chi connectivity index (χ2v) is 4.61. The van der Waals surface area contributed by atoms with Gasteiger partial charge in [-0.05, 0) is 24.8 Å². The molecule has 1 aliphatic rings. The molecule has 3 atom stereocenters. The fourth-order valence-electron chi connectivity index (χ4n) is 2.23. The van der Waals surface area contributed by atoms with E-state index in [1.54, 1.807) is 0 Å². The van der Waals surface area contributed by atoms with Crippen LogP contribution in [-0.4, -0.2) is 23.3 Å². The lowest BCUT2D eigenvalue weighted by Crippen LogP contribution is -2.46. The maximum Gasteiger partial charge on any atom is 0.0692 e. The van der Waals surface area contributed by atoms with Crippen molar-refractivity contribution < 1.29 is 5.11 Å². The molecule has 1 aromatic carbocycles. The Labute approximate surface area is 96.7 Å². The molecule has 0 saturated heterocycles. The quantitative estimate of drug-likeness (QED) is 0.712. The third-order valence-corrected chi connectivity index (χ3v) is 3.30. The molecule has 88 valence electrons. The van der Waals surface area contributed by atoms with Gasteiger partial charge in [0.15, 0.2) is 0 Å². The van der Waals surface area contributed by atoms with Gasteiger partial charge in [0.1, 0.15) is 0 Å². The molecule has 1 aromatic rings. The molecule has 0 aliphatic heterocycles. The van der Waals surface area contributed by atoms with Crippen LogP contribution in [-0.2, 0) is 6.54 Å². The number of rotatable bonds is 3. The molecule has 3 nitrogen and oxygen atoms in total.